The van der Waals surface area contributed by atoms with E-state index in [1.54, 1.807) is 45.0 Å². The quantitative estimate of drug-likeness (QED) is 0.348. The number of likely N-dealkylation sites (N-methyl/N-ethyl adjacent to an activating group) is 1. The van der Waals surface area contributed by atoms with Crippen LogP contribution < -0.4 is 16.1 Å². The molecule has 3 amide bonds. The summed E-state index contributed by atoms with van der Waals surface area (Å²) in [5.41, 5.74) is 2.36. The van der Waals surface area contributed by atoms with Crippen LogP contribution in [0.25, 0.3) is 0 Å². The molecule has 1 rings (SSSR count). The van der Waals surface area contributed by atoms with Crippen molar-refractivity contribution in [2.45, 2.75) is 39.7 Å². The van der Waals surface area contributed by atoms with Gasteiger partial charge >= 0.3 is 0 Å². The third-order valence-electron chi connectivity index (χ3n) is 4.43. The van der Waals surface area contributed by atoms with E-state index in [1.165, 1.54) is 12.5 Å². The number of carbonyl (C=O) groups is 3. The van der Waals surface area contributed by atoms with Gasteiger partial charge < -0.3 is 15.7 Å². The van der Waals surface area contributed by atoms with E-state index in [1.807, 2.05) is 6.92 Å². The molecule has 0 fully saturated rings. The number of hydroxylamine groups is 1. The van der Waals surface area contributed by atoms with Crippen LogP contribution in [0.1, 0.15) is 37.8 Å². The van der Waals surface area contributed by atoms with Gasteiger partial charge in [-0.1, -0.05) is 50.6 Å². The van der Waals surface area contributed by atoms with Crippen LogP contribution in [0.15, 0.2) is 24.3 Å². The Morgan fingerprint density at radius 2 is 1.59 bits per heavy atom. The summed E-state index contributed by atoms with van der Waals surface area (Å²) in [6, 6.07) is 6.07. The fourth-order valence-electron chi connectivity index (χ4n) is 2.81. The van der Waals surface area contributed by atoms with Gasteiger partial charge in [0, 0.05) is 7.05 Å². The van der Waals surface area contributed by atoms with Crippen molar-refractivity contribution < 1.29 is 24.7 Å². The van der Waals surface area contributed by atoms with Gasteiger partial charge in [0.25, 0.3) is 0 Å². The van der Waals surface area contributed by atoms with Gasteiger partial charge in [-0.2, -0.15) is 0 Å². The molecule has 3 unspecified atom stereocenters. The molecular weight excluding hydrogens is 350 g/mol. The van der Waals surface area contributed by atoms with Gasteiger partial charge in [0.1, 0.15) is 6.04 Å². The minimum atomic E-state index is -1.22. The van der Waals surface area contributed by atoms with E-state index in [0.29, 0.717) is 5.56 Å². The third kappa shape index (κ3) is 5.77. The highest BCUT2D eigenvalue weighted by Crippen LogP contribution is 2.28. The van der Waals surface area contributed by atoms with Crippen LogP contribution in [0.5, 0.6) is 0 Å². The molecule has 0 saturated heterocycles. The van der Waals surface area contributed by atoms with Crippen molar-refractivity contribution in [3.05, 3.63) is 35.4 Å². The van der Waals surface area contributed by atoms with Gasteiger partial charge in [-0.25, -0.2) is 5.48 Å². The molecule has 0 aliphatic heterocycles. The molecule has 27 heavy (non-hydrogen) atoms. The number of hydrogen-bond donors (Lipinski definition) is 5. The van der Waals surface area contributed by atoms with E-state index in [-0.39, 0.29) is 5.91 Å². The van der Waals surface area contributed by atoms with Crippen molar-refractivity contribution in [2.75, 3.05) is 13.7 Å². The van der Waals surface area contributed by atoms with Gasteiger partial charge in [0.15, 0.2) is 0 Å². The van der Waals surface area contributed by atoms with Gasteiger partial charge in [-0.3, -0.25) is 19.6 Å². The molecular formula is C19H29N3O5. The third-order valence-corrected chi connectivity index (χ3v) is 4.43. The standard InChI is InChI=1S/C19H29N3O5/c1-11-6-8-12(9-7-11)14(13(10-23)16(24)22-27)17(25)21-15(18(26)20-5)19(2,3)4/h6-9,13-15,23,27H,10H2,1-5H3,(H,20,26)(H,21,25)(H,22,24). The molecule has 0 heterocycles. The Balaban J connectivity index is 3.32. The number of aliphatic hydroxyl groups excluding tert-OH is 1. The van der Waals surface area contributed by atoms with Crippen LogP contribution in [0.2, 0.25) is 0 Å². The van der Waals surface area contributed by atoms with Crippen LogP contribution in [-0.4, -0.2) is 47.7 Å². The summed E-state index contributed by atoms with van der Waals surface area (Å²) in [6.07, 6.45) is 0. The smallest absolute Gasteiger partial charge is 0.249 e. The van der Waals surface area contributed by atoms with Crippen LogP contribution in [-0.2, 0) is 14.4 Å². The predicted octanol–water partition coefficient (Wildman–Crippen LogP) is 0.469. The Labute approximate surface area is 159 Å². The topological polar surface area (TPSA) is 128 Å². The minimum absolute atomic E-state index is 0.370. The lowest BCUT2D eigenvalue weighted by Gasteiger charge is -2.32. The van der Waals surface area contributed by atoms with E-state index in [2.05, 4.69) is 10.6 Å². The minimum Gasteiger partial charge on any atom is -0.396 e. The zero-order chi connectivity index (χ0) is 20.8. The van der Waals surface area contributed by atoms with Gasteiger partial charge in [0.05, 0.1) is 18.4 Å². The van der Waals surface area contributed by atoms with E-state index in [0.717, 1.165) is 5.56 Å². The molecule has 0 aliphatic carbocycles. The van der Waals surface area contributed by atoms with E-state index < -0.39 is 41.7 Å². The number of rotatable bonds is 7. The zero-order valence-corrected chi connectivity index (χ0v) is 16.4. The Morgan fingerprint density at radius 3 is 2.00 bits per heavy atom. The maximum Gasteiger partial charge on any atom is 0.249 e. The Bertz CT molecular complexity index is 667. The number of hydrogen-bond acceptors (Lipinski definition) is 5. The average Bonchev–Trinajstić information content (AvgIpc) is 2.62. The average molecular weight is 379 g/mol. The summed E-state index contributed by atoms with van der Waals surface area (Å²) in [7, 11) is 1.47. The Morgan fingerprint density at radius 1 is 1.04 bits per heavy atom. The van der Waals surface area contributed by atoms with E-state index in [4.69, 9.17) is 5.21 Å². The lowest BCUT2D eigenvalue weighted by atomic mass is 9.82. The summed E-state index contributed by atoms with van der Waals surface area (Å²) in [5, 5.41) is 23.9. The molecule has 5 N–H and O–H groups in total. The number of aryl methyl sites for hydroxylation is 1. The first-order valence-electron chi connectivity index (χ1n) is 8.70. The maximum atomic E-state index is 13.1. The summed E-state index contributed by atoms with van der Waals surface area (Å²) >= 11 is 0. The molecule has 150 valence electrons. The first kappa shape index (κ1) is 22.6. The largest absolute Gasteiger partial charge is 0.396 e. The Hall–Kier alpha value is -2.45. The second-order valence-electron chi connectivity index (χ2n) is 7.58. The molecule has 8 nitrogen and oxygen atoms in total. The number of amides is 3. The van der Waals surface area contributed by atoms with Crippen molar-refractivity contribution >= 4 is 17.7 Å². The van der Waals surface area contributed by atoms with Gasteiger partial charge in [-0.05, 0) is 17.9 Å². The van der Waals surface area contributed by atoms with Crippen molar-refractivity contribution in [1.82, 2.24) is 16.1 Å². The number of carbonyl (C=O) groups excluding carboxylic acids is 3. The Kier molecular flexibility index (Phi) is 7.93. The highest BCUT2D eigenvalue weighted by molar-refractivity contribution is 5.94. The van der Waals surface area contributed by atoms with E-state index in [9.17, 15) is 19.5 Å². The molecule has 8 heteroatoms. The molecule has 1 aromatic carbocycles. The second-order valence-corrected chi connectivity index (χ2v) is 7.58. The van der Waals surface area contributed by atoms with Crippen molar-refractivity contribution in [1.29, 1.82) is 0 Å². The van der Waals surface area contributed by atoms with Gasteiger partial charge in [-0.15, -0.1) is 0 Å². The fraction of sp³-hybridized carbons (Fsp3) is 0.526. The van der Waals surface area contributed by atoms with Crippen molar-refractivity contribution in [2.24, 2.45) is 11.3 Å². The molecule has 0 spiro atoms. The SMILES string of the molecule is CNC(=O)C(NC(=O)C(c1ccc(C)cc1)C(CO)C(=O)NO)C(C)(C)C. The molecule has 0 aliphatic rings. The molecule has 0 aromatic heterocycles. The molecule has 1 aromatic rings. The lowest BCUT2D eigenvalue weighted by Crippen LogP contribution is -2.55. The summed E-state index contributed by atoms with van der Waals surface area (Å²) in [4.78, 5) is 37.3. The molecule has 0 saturated carbocycles. The van der Waals surface area contributed by atoms with Crippen LogP contribution in [0.4, 0.5) is 0 Å². The van der Waals surface area contributed by atoms with Gasteiger partial charge in [0.2, 0.25) is 17.7 Å². The highest BCUT2D eigenvalue weighted by atomic mass is 16.5. The molecule has 3 atom stereocenters. The molecule has 0 radical (unpaired) electrons. The summed E-state index contributed by atoms with van der Waals surface area (Å²) in [6.45, 7) is 6.64. The highest BCUT2D eigenvalue weighted by Gasteiger charge is 2.39. The summed E-state index contributed by atoms with van der Waals surface area (Å²) in [5.74, 6) is -4.15. The van der Waals surface area contributed by atoms with Crippen LogP contribution in [0, 0.1) is 18.3 Å². The monoisotopic (exact) mass is 379 g/mol. The van der Waals surface area contributed by atoms with Crippen molar-refractivity contribution in [3.63, 3.8) is 0 Å². The predicted molar refractivity (Wildman–Crippen MR) is 99.9 cm³/mol. The number of nitrogens with one attached hydrogen (secondary N) is 3. The van der Waals surface area contributed by atoms with Crippen LogP contribution in [0.3, 0.4) is 0 Å². The lowest BCUT2D eigenvalue weighted by molar-refractivity contribution is -0.140. The number of aliphatic hydroxyl groups is 1. The zero-order valence-electron chi connectivity index (χ0n) is 16.4. The molecule has 0 bridgehead atoms. The summed E-state index contributed by atoms with van der Waals surface area (Å²) < 4.78 is 0. The maximum absolute atomic E-state index is 13.1. The first-order valence-corrected chi connectivity index (χ1v) is 8.70. The van der Waals surface area contributed by atoms with Crippen molar-refractivity contribution in [3.8, 4) is 0 Å². The number of benzene rings is 1. The fourth-order valence-corrected chi connectivity index (χ4v) is 2.81. The first-order chi connectivity index (χ1) is 12.6. The normalized spacial score (nSPS) is 14.6. The second kappa shape index (κ2) is 9.48. The van der Waals surface area contributed by atoms with Crippen LogP contribution >= 0.6 is 0 Å². The van der Waals surface area contributed by atoms with E-state index >= 15 is 0 Å².